The van der Waals surface area contributed by atoms with E-state index in [-0.39, 0.29) is 0 Å². The van der Waals surface area contributed by atoms with Crippen molar-refractivity contribution >= 4 is 15.9 Å². The first-order valence-electron chi connectivity index (χ1n) is 6.54. The summed E-state index contributed by atoms with van der Waals surface area (Å²) < 4.78 is 1.10. The van der Waals surface area contributed by atoms with E-state index >= 15 is 0 Å². The van der Waals surface area contributed by atoms with Gasteiger partial charge >= 0.3 is 0 Å². The van der Waals surface area contributed by atoms with E-state index in [1.54, 1.807) is 0 Å². The first-order chi connectivity index (χ1) is 8.07. The second-order valence-electron chi connectivity index (χ2n) is 5.56. The third-order valence-corrected chi connectivity index (χ3v) is 4.42. The topological polar surface area (TPSA) is 20.2 Å². The highest BCUT2D eigenvalue weighted by Gasteiger charge is 2.29. The average molecular weight is 297 g/mol. The highest BCUT2D eigenvalue weighted by atomic mass is 79.9. The minimum atomic E-state index is -0.474. The largest absolute Gasteiger partial charge is 0.390 e. The molecule has 2 heteroatoms. The molecule has 94 valence electrons. The lowest BCUT2D eigenvalue weighted by molar-refractivity contribution is 0.0244. The van der Waals surface area contributed by atoms with E-state index in [1.165, 1.54) is 12.0 Å². The van der Waals surface area contributed by atoms with Crippen molar-refractivity contribution in [3.63, 3.8) is 0 Å². The Morgan fingerprint density at radius 3 is 2.65 bits per heavy atom. The van der Waals surface area contributed by atoms with E-state index in [9.17, 15) is 5.11 Å². The summed E-state index contributed by atoms with van der Waals surface area (Å²) in [6, 6.07) is 8.32. The molecule has 0 spiro atoms. The Morgan fingerprint density at radius 1 is 1.24 bits per heavy atom. The van der Waals surface area contributed by atoms with Gasteiger partial charge in [-0.25, -0.2) is 0 Å². The Kier molecular flexibility index (Phi) is 4.26. The quantitative estimate of drug-likeness (QED) is 0.806. The minimum Gasteiger partial charge on any atom is -0.390 e. The monoisotopic (exact) mass is 296 g/mol. The van der Waals surface area contributed by atoms with Gasteiger partial charge in [-0.05, 0) is 42.9 Å². The van der Waals surface area contributed by atoms with Crippen LogP contribution in [0.1, 0.15) is 44.6 Å². The van der Waals surface area contributed by atoms with E-state index in [0.717, 1.165) is 42.5 Å². The van der Waals surface area contributed by atoms with Crippen molar-refractivity contribution in [2.45, 2.75) is 51.0 Å². The normalized spacial score (nSPS) is 29.9. The number of halogens is 1. The summed E-state index contributed by atoms with van der Waals surface area (Å²) >= 11 is 3.44. The SMILES string of the molecule is CC1CCCC(O)(Cc2ccc(Br)cc2)CC1. The van der Waals surface area contributed by atoms with Crippen molar-refractivity contribution in [3.8, 4) is 0 Å². The van der Waals surface area contributed by atoms with Gasteiger partial charge in [0.2, 0.25) is 0 Å². The zero-order chi connectivity index (χ0) is 12.3. The molecular formula is C15H21BrO. The highest BCUT2D eigenvalue weighted by molar-refractivity contribution is 9.10. The molecule has 1 N–H and O–H groups in total. The van der Waals surface area contributed by atoms with Crippen LogP contribution in [0.4, 0.5) is 0 Å². The summed E-state index contributed by atoms with van der Waals surface area (Å²) in [5, 5.41) is 10.7. The molecule has 2 atom stereocenters. The van der Waals surface area contributed by atoms with Crippen LogP contribution in [-0.4, -0.2) is 10.7 Å². The van der Waals surface area contributed by atoms with Gasteiger partial charge in [-0.2, -0.15) is 0 Å². The van der Waals surface area contributed by atoms with Crippen molar-refractivity contribution < 1.29 is 5.11 Å². The molecule has 1 saturated carbocycles. The molecule has 0 bridgehead atoms. The molecule has 0 saturated heterocycles. The van der Waals surface area contributed by atoms with Crippen LogP contribution in [0.2, 0.25) is 0 Å². The fourth-order valence-electron chi connectivity index (χ4n) is 2.72. The van der Waals surface area contributed by atoms with Crippen molar-refractivity contribution in [3.05, 3.63) is 34.3 Å². The van der Waals surface area contributed by atoms with E-state index in [2.05, 4.69) is 47.1 Å². The summed E-state index contributed by atoms with van der Waals surface area (Å²) in [6.07, 6.45) is 6.29. The van der Waals surface area contributed by atoms with Crippen LogP contribution in [0.15, 0.2) is 28.7 Å². The fraction of sp³-hybridized carbons (Fsp3) is 0.600. The van der Waals surface area contributed by atoms with E-state index in [1.807, 2.05) is 0 Å². The Hall–Kier alpha value is -0.340. The number of aliphatic hydroxyl groups is 1. The number of hydrogen-bond acceptors (Lipinski definition) is 1. The maximum Gasteiger partial charge on any atom is 0.0688 e. The molecule has 0 radical (unpaired) electrons. The van der Waals surface area contributed by atoms with Crippen LogP contribution in [0.25, 0.3) is 0 Å². The fourth-order valence-corrected chi connectivity index (χ4v) is 2.99. The molecule has 1 aliphatic rings. The van der Waals surface area contributed by atoms with Gasteiger partial charge in [-0.1, -0.05) is 47.8 Å². The second-order valence-corrected chi connectivity index (χ2v) is 6.48. The summed E-state index contributed by atoms with van der Waals surface area (Å²) in [5.74, 6) is 0.772. The van der Waals surface area contributed by atoms with E-state index in [4.69, 9.17) is 0 Å². The third-order valence-electron chi connectivity index (χ3n) is 3.89. The molecule has 1 nitrogen and oxygen atoms in total. The summed E-state index contributed by atoms with van der Waals surface area (Å²) in [5.41, 5.74) is 0.767. The predicted molar refractivity (Wildman–Crippen MR) is 75.0 cm³/mol. The first kappa shape index (κ1) is 13.1. The number of hydrogen-bond donors (Lipinski definition) is 1. The van der Waals surface area contributed by atoms with Gasteiger partial charge in [-0.3, -0.25) is 0 Å². The molecular weight excluding hydrogens is 276 g/mol. The number of benzene rings is 1. The zero-order valence-corrected chi connectivity index (χ0v) is 12.0. The lowest BCUT2D eigenvalue weighted by atomic mass is 9.87. The van der Waals surface area contributed by atoms with Gasteiger partial charge in [0.25, 0.3) is 0 Å². The van der Waals surface area contributed by atoms with Crippen molar-refractivity contribution in [2.75, 3.05) is 0 Å². The smallest absolute Gasteiger partial charge is 0.0688 e. The van der Waals surface area contributed by atoms with Crippen LogP contribution >= 0.6 is 15.9 Å². The molecule has 0 aromatic heterocycles. The van der Waals surface area contributed by atoms with Crippen molar-refractivity contribution in [1.29, 1.82) is 0 Å². The molecule has 1 fully saturated rings. The van der Waals surface area contributed by atoms with Gasteiger partial charge in [0, 0.05) is 10.9 Å². The molecule has 17 heavy (non-hydrogen) atoms. The first-order valence-corrected chi connectivity index (χ1v) is 7.34. The Labute approximate surface area is 112 Å². The van der Waals surface area contributed by atoms with Crippen LogP contribution in [0.5, 0.6) is 0 Å². The average Bonchev–Trinajstić information content (AvgIpc) is 2.45. The molecule has 0 heterocycles. The molecule has 1 aromatic carbocycles. The predicted octanol–water partition coefficient (Wildman–Crippen LogP) is 4.32. The van der Waals surface area contributed by atoms with Crippen LogP contribution in [0.3, 0.4) is 0 Å². The Morgan fingerprint density at radius 2 is 1.94 bits per heavy atom. The molecule has 0 aliphatic heterocycles. The molecule has 2 rings (SSSR count). The third kappa shape index (κ3) is 3.82. The van der Waals surface area contributed by atoms with Gasteiger partial charge < -0.3 is 5.11 Å². The second kappa shape index (κ2) is 5.53. The highest BCUT2D eigenvalue weighted by Crippen LogP contribution is 2.32. The summed E-state index contributed by atoms with van der Waals surface area (Å²) in [4.78, 5) is 0. The maximum absolute atomic E-state index is 10.7. The van der Waals surface area contributed by atoms with Gasteiger partial charge in [0.1, 0.15) is 0 Å². The van der Waals surface area contributed by atoms with Gasteiger partial charge in [-0.15, -0.1) is 0 Å². The standard InChI is InChI=1S/C15H21BrO/c1-12-3-2-9-15(17,10-8-12)11-13-4-6-14(16)7-5-13/h4-7,12,17H,2-3,8-11H2,1H3. The molecule has 0 amide bonds. The Bertz CT molecular complexity index is 360. The summed E-state index contributed by atoms with van der Waals surface area (Å²) in [6.45, 7) is 2.30. The maximum atomic E-state index is 10.7. The zero-order valence-electron chi connectivity index (χ0n) is 10.5. The van der Waals surface area contributed by atoms with Gasteiger partial charge in [0.05, 0.1) is 5.60 Å². The lowest BCUT2D eigenvalue weighted by Gasteiger charge is -2.26. The van der Waals surface area contributed by atoms with E-state index < -0.39 is 5.60 Å². The molecule has 1 aromatic rings. The van der Waals surface area contributed by atoms with Gasteiger partial charge in [0.15, 0.2) is 0 Å². The number of rotatable bonds is 2. The van der Waals surface area contributed by atoms with Crippen LogP contribution in [0, 0.1) is 5.92 Å². The molecule has 1 aliphatic carbocycles. The Balaban J connectivity index is 2.03. The van der Waals surface area contributed by atoms with Crippen LogP contribution < -0.4 is 0 Å². The minimum absolute atomic E-state index is 0.474. The lowest BCUT2D eigenvalue weighted by Crippen LogP contribution is -2.30. The summed E-state index contributed by atoms with van der Waals surface area (Å²) in [7, 11) is 0. The van der Waals surface area contributed by atoms with Crippen LogP contribution in [-0.2, 0) is 6.42 Å². The van der Waals surface area contributed by atoms with Crippen molar-refractivity contribution in [1.82, 2.24) is 0 Å². The van der Waals surface area contributed by atoms with Crippen molar-refractivity contribution in [2.24, 2.45) is 5.92 Å². The van der Waals surface area contributed by atoms with E-state index in [0.29, 0.717) is 0 Å². The molecule has 2 unspecified atom stereocenters.